The maximum Gasteiger partial charge on any atom is 0.573 e. The average molecular weight is 348 g/mol. The van der Waals surface area contributed by atoms with E-state index in [1.807, 2.05) is 0 Å². The van der Waals surface area contributed by atoms with Crippen LogP contribution >= 0.6 is 0 Å². The van der Waals surface area contributed by atoms with Gasteiger partial charge in [0.15, 0.2) is 11.6 Å². The van der Waals surface area contributed by atoms with E-state index in [-0.39, 0.29) is 12.0 Å². The van der Waals surface area contributed by atoms with Crippen LogP contribution in [0.3, 0.4) is 0 Å². The van der Waals surface area contributed by atoms with E-state index >= 15 is 0 Å². The molecule has 24 heavy (non-hydrogen) atoms. The molecule has 1 aliphatic rings. The van der Waals surface area contributed by atoms with Gasteiger partial charge in [-0.05, 0) is 30.0 Å². The Balaban J connectivity index is 2.26. The Bertz CT molecular complexity index is 530. The monoisotopic (exact) mass is 348 g/mol. The fourth-order valence-corrected chi connectivity index (χ4v) is 3.38. The number of benzene rings is 1. The maximum absolute atomic E-state index is 14.1. The normalized spacial score (nSPS) is 19.1. The Kier molecular flexibility index (Phi) is 6.46. The first-order chi connectivity index (χ1) is 11.3. The Morgan fingerprint density at radius 3 is 2.46 bits per heavy atom. The Labute approximate surface area is 140 Å². The van der Waals surface area contributed by atoms with E-state index in [2.05, 4.69) is 28.8 Å². The second kappa shape index (κ2) is 8.16. The highest BCUT2D eigenvalue weighted by atomic mass is 19.4. The number of alkyl halides is 3. The summed E-state index contributed by atoms with van der Waals surface area (Å²) < 4.78 is 54.7. The van der Waals surface area contributed by atoms with Gasteiger partial charge >= 0.3 is 6.36 Å². The molecule has 0 amide bonds. The maximum atomic E-state index is 14.1. The van der Waals surface area contributed by atoms with Crippen molar-refractivity contribution in [2.45, 2.75) is 39.1 Å². The minimum atomic E-state index is -4.89. The van der Waals surface area contributed by atoms with Gasteiger partial charge in [-0.25, -0.2) is 4.39 Å². The molecule has 2 atom stereocenters. The van der Waals surface area contributed by atoms with E-state index in [1.165, 1.54) is 6.07 Å². The van der Waals surface area contributed by atoms with E-state index < -0.39 is 17.9 Å². The van der Waals surface area contributed by atoms with Crippen LogP contribution in [-0.4, -0.2) is 37.4 Å². The third kappa shape index (κ3) is 5.08. The first-order valence-corrected chi connectivity index (χ1v) is 8.31. The molecule has 3 nitrogen and oxygen atoms in total. The number of nitrogens with one attached hydrogen (secondary N) is 1. The fourth-order valence-electron chi connectivity index (χ4n) is 3.38. The van der Waals surface area contributed by atoms with Gasteiger partial charge in [-0.3, -0.25) is 4.90 Å². The van der Waals surface area contributed by atoms with Crippen molar-refractivity contribution in [3.05, 3.63) is 29.6 Å². The van der Waals surface area contributed by atoms with Gasteiger partial charge in [0.1, 0.15) is 0 Å². The number of rotatable bonds is 6. The number of nitrogens with zero attached hydrogens (tertiary/aromatic N) is 1. The number of halogens is 4. The van der Waals surface area contributed by atoms with Gasteiger partial charge in [-0.1, -0.05) is 26.3 Å². The van der Waals surface area contributed by atoms with E-state index in [0.717, 1.165) is 45.1 Å². The van der Waals surface area contributed by atoms with Crippen LogP contribution in [0.1, 0.15) is 38.3 Å². The zero-order chi connectivity index (χ0) is 17.7. The summed E-state index contributed by atoms with van der Waals surface area (Å²) in [6, 6.07) is 3.79. The molecule has 0 bridgehead atoms. The van der Waals surface area contributed by atoms with Crippen LogP contribution in [0.25, 0.3) is 0 Å². The van der Waals surface area contributed by atoms with Crippen LogP contribution in [0.5, 0.6) is 5.75 Å². The van der Waals surface area contributed by atoms with Crippen LogP contribution < -0.4 is 10.1 Å². The molecular weight excluding hydrogens is 324 g/mol. The highest BCUT2D eigenvalue weighted by molar-refractivity contribution is 5.31. The Morgan fingerprint density at radius 2 is 1.92 bits per heavy atom. The third-order valence-corrected chi connectivity index (χ3v) is 4.35. The summed E-state index contributed by atoms with van der Waals surface area (Å²) in [6.07, 6.45) is -2.92. The van der Waals surface area contributed by atoms with Gasteiger partial charge in [0, 0.05) is 32.2 Å². The smallest absolute Gasteiger partial charge is 0.403 e. The lowest BCUT2D eigenvalue weighted by atomic mass is 9.89. The molecule has 2 rings (SSSR count). The molecule has 1 N–H and O–H groups in total. The van der Waals surface area contributed by atoms with Gasteiger partial charge < -0.3 is 10.1 Å². The Hall–Kier alpha value is -1.34. The number of ether oxygens (including phenoxy) is 1. The quantitative estimate of drug-likeness (QED) is 0.783. The summed E-state index contributed by atoms with van der Waals surface area (Å²) in [6.45, 7) is 7.57. The lowest BCUT2D eigenvalue weighted by Crippen LogP contribution is -2.46. The molecule has 7 heteroatoms. The van der Waals surface area contributed by atoms with E-state index in [1.54, 1.807) is 6.07 Å². The highest BCUT2D eigenvalue weighted by Gasteiger charge is 2.33. The SMILES string of the molecule is CCCC(C)[C@H](c1ccc(OC(F)(F)F)c(F)c1)N1CCNCC1. The van der Waals surface area contributed by atoms with Crippen molar-refractivity contribution in [3.8, 4) is 5.75 Å². The van der Waals surface area contributed by atoms with Crippen molar-refractivity contribution in [1.82, 2.24) is 10.2 Å². The van der Waals surface area contributed by atoms with Crippen molar-refractivity contribution in [1.29, 1.82) is 0 Å². The van der Waals surface area contributed by atoms with E-state index in [9.17, 15) is 17.6 Å². The standard InChI is InChI=1S/C17H24F4N2O/c1-3-4-12(2)16(23-9-7-22-8-10-23)13-5-6-15(14(18)11-13)24-17(19,20)21/h5-6,11-12,16,22H,3-4,7-10H2,1-2H3/t12?,16-/m1/s1. The summed E-state index contributed by atoms with van der Waals surface area (Å²) in [5, 5.41) is 3.28. The molecular formula is C17H24F4N2O. The number of piperazine rings is 1. The second-order valence-electron chi connectivity index (χ2n) is 6.23. The molecule has 0 radical (unpaired) electrons. The summed E-state index contributed by atoms with van der Waals surface area (Å²) in [7, 11) is 0. The summed E-state index contributed by atoms with van der Waals surface area (Å²) in [5.41, 5.74) is 0.699. The van der Waals surface area contributed by atoms with Crippen LogP contribution in [0.15, 0.2) is 18.2 Å². The van der Waals surface area contributed by atoms with Gasteiger partial charge in [-0.15, -0.1) is 13.2 Å². The number of hydrogen-bond donors (Lipinski definition) is 1. The molecule has 0 spiro atoms. The topological polar surface area (TPSA) is 24.5 Å². The van der Waals surface area contributed by atoms with Crippen LogP contribution in [0.2, 0.25) is 0 Å². The molecule has 1 unspecified atom stereocenters. The molecule has 1 aromatic carbocycles. The van der Waals surface area contributed by atoms with Crippen molar-refractivity contribution < 1.29 is 22.3 Å². The minimum Gasteiger partial charge on any atom is -0.403 e. The van der Waals surface area contributed by atoms with Crippen molar-refractivity contribution in [2.75, 3.05) is 26.2 Å². The van der Waals surface area contributed by atoms with Crippen LogP contribution in [-0.2, 0) is 0 Å². The largest absolute Gasteiger partial charge is 0.573 e. The molecule has 0 saturated carbocycles. The van der Waals surface area contributed by atoms with Crippen LogP contribution in [0.4, 0.5) is 17.6 Å². The Morgan fingerprint density at radius 1 is 1.25 bits per heavy atom. The molecule has 1 saturated heterocycles. The summed E-state index contributed by atoms with van der Waals surface area (Å²) >= 11 is 0. The predicted molar refractivity (Wildman–Crippen MR) is 84.3 cm³/mol. The van der Waals surface area contributed by atoms with Crippen molar-refractivity contribution >= 4 is 0 Å². The fraction of sp³-hybridized carbons (Fsp3) is 0.647. The molecule has 0 aromatic heterocycles. The number of hydrogen-bond acceptors (Lipinski definition) is 3. The van der Waals surface area contributed by atoms with Gasteiger partial charge in [-0.2, -0.15) is 0 Å². The molecule has 0 aliphatic carbocycles. The molecule has 1 aliphatic heterocycles. The summed E-state index contributed by atoms with van der Waals surface area (Å²) in [5.74, 6) is -1.48. The zero-order valence-electron chi connectivity index (χ0n) is 14.0. The molecule has 136 valence electrons. The highest BCUT2D eigenvalue weighted by Crippen LogP contribution is 2.35. The van der Waals surface area contributed by atoms with E-state index in [0.29, 0.717) is 5.56 Å². The summed E-state index contributed by atoms with van der Waals surface area (Å²) in [4.78, 5) is 2.27. The first kappa shape index (κ1) is 19.0. The minimum absolute atomic E-state index is 0.0125. The molecule has 1 fully saturated rings. The average Bonchev–Trinajstić information content (AvgIpc) is 2.50. The zero-order valence-corrected chi connectivity index (χ0v) is 14.0. The third-order valence-electron chi connectivity index (χ3n) is 4.35. The van der Waals surface area contributed by atoms with E-state index in [4.69, 9.17) is 0 Å². The lowest BCUT2D eigenvalue weighted by Gasteiger charge is -2.38. The molecule has 1 aromatic rings. The van der Waals surface area contributed by atoms with Gasteiger partial charge in [0.25, 0.3) is 0 Å². The van der Waals surface area contributed by atoms with Crippen molar-refractivity contribution in [3.63, 3.8) is 0 Å². The van der Waals surface area contributed by atoms with Crippen LogP contribution in [0, 0.1) is 11.7 Å². The molecule has 1 heterocycles. The second-order valence-corrected chi connectivity index (χ2v) is 6.23. The predicted octanol–water partition coefficient (Wildman–Crippen LogP) is 4.11. The van der Waals surface area contributed by atoms with Gasteiger partial charge in [0.05, 0.1) is 0 Å². The van der Waals surface area contributed by atoms with Gasteiger partial charge in [0.2, 0.25) is 0 Å². The van der Waals surface area contributed by atoms with Crippen molar-refractivity contribution in [2.24, 2.45) is 5.92 Å². The lowest BCUT2D eigenvalue weighted by molar-refractivity contribution is -0.275. The first-order valence-electron chi connectivity index (χ1n) is 8.31.